The number of nitrogens with one attached hydrogen (secondary N) is 1. The number of nitrogens with two attached hydrogens (primary N) is 1. The van der Waals surface area contributed by atoms with Crippen LogP contribution in [0.2, 0.25) is 0 Å². The van der Waals surface area contributed by atoms with Gasteiger partial charge in [0.05, 0.1) is 19.8 Å². The van der Waals surface area contributed by atoms with E-state index in [-0.39, 0.29) is 18.4 Å². The minimum Gasteiger partial charge on any atom is -0.493 e. The lowest BCUT2D eigenvalue weighted by Crippen LogP contribution is -2.47. The van der Waals surface area contributed by atoms with Crippen LogP contribution < -0.4 is 20.5 Å². The number of ether oxygens (including phenoxy) is 3. The summed E-state index contributed by atoms with van der Waals surface area (Å²) in [5.74, 6) is 2.04. The van der Waals surface area contributed by atoms with E-state index in [9.17, 15) is 9.90 Å². The van der Waals surface area contributed by atoms with Crippen molar-refractivity contribution < 1.29 is 24.1 Å². The second-order valence-electron chi connectivity index (χ2n) is 10.6. The molecule has 0 heterocycles. The largest absolute Gasteiger partial charge is 0.493 e. The van der Waals surface area contributed by atoms with E-state index < -0.39 is 17.6 Å². The van der Waals surface area contributed by atoms with Crippen LogP contribution in [0.3, 0.4) is 0 Å². The van der Waals surface area contributed by atoms with Gasteiger partial charge in [-0.05, 0) is 48.8 Å². The standard InChI is InChI=1S/C28H50N2O5/c1-8-9-13-28(4,5)27(32)30-19-24(31)23(29)18-22(20(2)3)16-21-11-12-25(34-7)26(17-21)35-15-10-14-33-6/h11-12,17,20,22-24,31H,8-10,13-16,18-19,29H2,1-7H3,(H,30,32)/t22-,23-,24+/m0/s1. The molecule has 7 heteroatoms. The number of rotatable bonds is 18. The van der Waals surface area contributed by atoms with Crippen LogP contribution >= 0.6 is 0 Å². The number of carbonyl (C=O) groups excluding carboxylic acids is 1. The number of hydrogen-bond donors (Lipinski definition) is 3. The zero-order chi connectivity index (χ0) is 26.4. The average Bonchev–Trinajstić information content (AvgIpc) is 2.83. The second kappa shape index (κ2) is 16.0. The molecule has 0 aliphatic carbocycles. The van der Waals surface area contributed by atoms with Crippen molar-refractivity contribution in [3.8, 4) is 11.5 Å². The van der Waals surface area contributed by atoms with E-state index in [0.717, 1.165) is 43.4 Å². The van der Waals surface area contributed by atoms with Gasteiger partial charge in [0.15, 0.2) is 11.5 Å². The summed E-state index contributed by atoms with van der Waals surface area (Å²) in [6, 6.07) is 5.59. The van der Waals surface area contributed by atoms with Gasteiger partial charge in [0.25, 0.3) is 0 Å². The Balaban J connectivity index is 2.73. The van der Waals surface area contributed by atoms with Crippen molar-refractivity contribution in [2.45, 2.75) is 85.3 Å². The van der Waals surface area contributed by atoms with Crippen molar-refractivity contribution in [3.63, 3.8) is 0 Å². The monoisotopic (exact) mass is 494 g/mol. The van der Waals surface area contributed by atoms with Gasteiger partial charge in [0.2, 0.25) is 5.91 Å². The lowest BCUT2D eigenvalue weighted by Gasteiger charge is -2.29. The Kier molecular flexibility index (Phi) is 14.3. The summed E-state index contributed by atoms with van der Waals surface area (Å²) in [7, 11) is 3.31. The van der Waals surface area contributed by atoms with E-state index in [0.29, 0.717) is 31.3 Å². The van der Waals surface area contributed by atoms with Gasteiger partial charge in [-0.25, -0.2) is 0 Å². The zero-order valence-corrected chi connectivity index (χ0v) is 23.1. The van der Waals surface area contributed by atoms with E-state index in [1.165, 1.54) is 0 Å². The maximum absolute atomic E-state index is 12.6. The molecule has 1 amide bonds. The van der Waals surface area contributed by atoms with E-state index in [1.807, 2.05) is 26.0 Å². The number of aliphatic hydroxyl groups is 1. The zero-order valence-electron chi connectivity index (χ0n) is 23.1. The molecule has 1 aromatic rings. The summed E-state index contributed by atoms with van der Waals surface area (Å²) in [6.07, 6.45) is 4.36. The lowest BCUT2D eigenvalue weighted by atomic mass is 9.83. The number of amides is 1. The number of aliphatic hydroxyl groups excluding tert-OH is 1. The van der Waals surface area contributed by atoms with Crippen LogP contribution in [0.5, 0.6) is 11.5 Å². The van der Waals surface area contributed by atoms with Gasteiger partial charge in [-0.15, -0.1) is 0 Å². The number of unbranched alkanes of at least 4 members (excludes halogenated alkanes) is 1. The molecule has 1 rings (SSSR count). The Bertz CT molecular complexity index is 738. The summed E-state index contributed by atoms with van der Waals surface area (Å²) >= 11 is 0. The van der Waals surface area contributed by atoms with E-state index in [2.05, 4.69) is 32.2 Å². The predicted octanol–water partition coefficient (Wildman–Crippen LogP) is 4.34. The SMILES string of the molecule is CCCCC(C)(C)C(=O)NC[C@@H](O)[C@@H](N)C[C@H](Cc1ccc(OC)c(OCCCOC)c1)C(C)C. The highest BCUT2D eigenvalue weighted by molar-refractivity contribution is 5.81. The third kappa shape index (κ3) is 11.2. The third-order valence-electron chi connectivity index (χ3n) is 6.73. The Labute approximate surface area is 213 Å². The van der Waals surface area contributed by atoms with Gasteiger partial charge in [0.1, 0.15) is 0 Å². The summed E-state index contributed by atoms with van der Waals surface area (Å²) in [4.78, 5) is 12.6. The molecule has 4 N–H and O–H groups in total. The average molecular weight is 495 g/mol. The molecular weight excluding hydrogens is 444 g/mol. The molecule has 0 radical (unpaired) electrons. The minimum atomic E-state index is -0.794. The molecule has 3 atom stereocenters. The first-order valence-electron chi connectivity index (χ1n) is 13.1. The van der Waals surface area contributed by atoms with Gasteiger partial charge < -0.3 is 30.4 Å². The topological polar surface area (TPSA) is 103 Å². The minimum absolute atomic E-state index is 0.0335. The summed E-state index contributed by atoms with van der Waals surface area (Å²) in [5, 5.41) is 13.6. The Morgan fingerprint density at radius 3 is 2.46 bits per heavy atom. The number of benzene rings is 1. The molecule has 0 saturated carbocycles. The first-order chi connectivity index (χ1) is 16.5. The highest BCUT2D eigenvalue weighted by Gasteiger charge is 2.28. The van der Waals surface area contributed by atoms with Gasteiger partial charge in [-0.2, -0.15) is 0 Å². The Hall–Kier alpha value is -1.83. The molecule has 0 fully saturated rings. The highest BCUT2D eigenvalue weighted by Crippen LogP contribution is 2.31. The van der Waals surface area contributed by atoms with E-state index in [4.69, 9.17) is 19.9 Å². The molecule has 202 valence electrons. The molecule has 0 aromatic heterocycles. The summed E-state index contributed by atoms with van der Waals surface area (Å²) in [6.45, 7) is 11.7. The maximum atomic E-state index is 12.6. The van der Waals surface area contributed by atoms with Crippen LogP contribution in [-0.4, -0.2) is 57.1 Å². The van der Waals surface area contributed by atoms with Gasteiger partial charge in [-0.1, -0.05) is 53.5 Å². The molecule has 0 unspecified atom stereocenters. The van der Waals surface area contributed by atoms with Crippen LogP contribution in [0.15, 0.2) is 18.2 Å². The van der Waals surface area contributed by atoms with Crippen LogP contribution in [0, 0.1) is 17.3 Å². The predicted molar refractivity (Wildman–Crippen MR) is 142 cm³/mol. The van der Waals surface area contributed by atoms with Gasteiger partial charge in [-0.3, -0.25) is 4.79 Å². The van der Waals surface area contributed by atoms with Gasteiger partial charge in [0, 0.05) is 38.1 Å². The maximum Gasteiger partial charge on any atom is 0.225 e. The number of carbonyl (C=O) groups is 1. The van der Waals surface area contributed by atoms with Gasteiger partial charge >= 0.3 is 0 Å². The van der Waals surface area contributed by atoms with Crippen molar-refractivity contribution in [2.75, 3.05) is 34.0 Å². The van der Waals surface area contributed by atoms with Crippen molar-refractivity contribution in [2.24, 2.45) is 23.0 Å². The Morgan fingerprint density at radius 2 is 1.86 bits per heavy atom. The summed E-state index contributed by atoms with van der Waals surface area (Å²) < 4.78 is 16.5. The first-order valence-corrected chi connectivity index (χ1v) is 13.1. The van der Waals surface area contributed by atoms with E-state index in [1.54, 1.807) is 14.2 Å². The molecule has 0 bridgehead atoms. The molecular formula is C28H50N2O5. The smallest absolute Gasteiger partial charge is 0.225 e. The molecule has 0 aliphatic heterocycles. The second-order valence-corrected chi connectivity index (χ2v) is 10.6. The fourth-order valence-electron chi connectivity index (χ4n) is 4.07. The normalized spacial score (nSPS) is 14.5. The molecule has 7 nitrogen and oxygen atoms in total. The molecule has 0 spiro atoms. The number of hydrogen-bond acceptors (Lipinski definition) is 6. The van der Waals surface area contributed by atoms with Crippen molar-refractivity contribution in [1.29, 1.82) is 0 Å². The van der Waals surface area contributed by atoms with Crippen molar-refractivity contribution >= 4 is 5.91 Å². The first kappa shape index (κ1) is 31.2. The lowest BCUT2D eigenvalue weighted by molar-refractivity contribution is -0.130. The van der Waals surface area contributed by atoms with Crippen molar-refractivity contribution in [3.05, 3.63) is 23.8 Å². The van der Waals surface area contributed by atoms with Crippen LogP contribution in [0.25, 0.3) is 0 Å². The van der Waals surface area contributed by atoms with Crippen LogP contribution in [0.1, 0.15) is 72.3 Å². The van der Waals surface area contributed by atoms with Crippen LogP contribution in [0.4, 0.5) is 0 Å². The van der Waals surface area contributed by atoms with E-state index >= 15 is 0 Å². The Morgan fingerprint density at radius 1 is 1.14 bits per heavy atom. The van der Waals surface area contributed by atoms with Crippen LogP contribution in [-0.2, 0) is 16.0 Å². The fraction of sp³-hybridized carbons (Fsp3) is 0.750. The molecule has 0 saturated heterocycles. The third-order valence-corrected chi connectivity index (χ3v) is 6.73. The highest BCUT2D eigenvalue weighted by atomic mass is 16.5. The van der Waals surface area contributed by atoms with Crippen molar-refractivity contribution in [1.82, 2.24) is 5.32 Å². The number of methoxy groups -OCH3 is 2. The molecule has 0 aliphatic rings. The molecule has 35 heavy (non-hydrogen) atoms. The molecule has 1 aromatic carbocycles. The fourth-order valence-corrected chi connectivity index (χ4v) is 4.07. The summed E-state index contributed by atoms with van der Waals surface area (Å²) in [5.41, 5.74) is 7.09. The quantitative estimate of drug-likeness (QED) is 0.262.